The molecule has 1 fully saturated rings. The third kappa shape index (κ3) is 4.98. The molecule has 2 heteroatoms. The van der Waals surface area contributed by atoms with Gasteiger partial charge in [0.25, 0.3) is 0 Å². The SMILES string of the molecule is CCCC1CC(NCC(C)CC)CCO1. The summed E-state index contributed by atoms with van der Waals surface area (Å²) in [5.41, 5.74) is 0. The van der Waals surface area contributed by atoms with E-state index in [1.165, 1.54) is 38.6 Å². The highest BCUT2D eigenvalue weighted by Gasteiger charge is 2.21. The fourth-order valence-electron chi connectivity index (χ4n) is 2.10. The van der Waals surface area contributed by atoms with Gasteiger partial charge in [-0.25, -0.2) is 0 Å². The zero-order valence-electron chi connectivity index (χ0n) is 10.6. The Hall–Kier alpha value is -0.0800. The van der Waals surface area contributed by atoms with Crippen LogP contribution in [0.4, 0.5) is 0 Å². The molecule has 0 spiro atoms. The maximum atomic E-state index is 5.74. The smallest absolute Gasteiger partial charge is 0.0589 e. The van der Waals surface area contributed by atoms with E-state index in [4.69, 9.17) is 4.74 Å². The minimum absolute atomic E-state index is 0.512. The van der Waals surface area contributed by atoms with Crippen LogP contribution in [0.15, 0.2) is 0 Å². The van der Waals surface area contributed by atoms with Gasteiger partial charge in [-0.15, -0.1) is 0 Å². The summed E-state index contributed by atoms with van der Waals surface area (Å²) in [6, 6.07) is 0.698. The minimum Gasteiger partial charge on any atom is -0.378 e. The first-order valence-corrected chi connectivity index (χ1v) is 6.61. The molecule has 1 aliphatic rings. The lowest BCUT2D eigenvalue weighted by molar-refractivity contribution is -0.00360. The molecule has 0 aromatic heterocycles. The topological polar surface area (TPSA) is 21.3 Å². The average molecular weight is 213 g/mol. The largest absolute Gasteiger partial charge is 0.378 e. The lowest BCUT2D eigenvalue weighted by Crippen LogP contribution is -2.40. The first kappa shape index (κ1) is 13.0. The molecule has 1 N–H and O–H groups in total. The normalized spacial score (nSPS) is 29.0. The van der Waals surface area contributed by atoms with E-state index in [1.807, 2.05) is 0 Å². The molecule has 1 saturated heterocycles. The van der Waals surface area contributed by atoms with Crippen LogP contribution in [0, 0.1) is 5.92 Å². The maximum Gasteiger partial charge on any atom is 0.0589 e. The summed E-state index contributed by atoms with van der Waals surface area (Å²) in [5, 5.41) is 3.68. The van der Waals surface area contributed by atoms with Crippen molar-refractivity contribution in [2.45, 2.75) is 65.0 Å². The first-order chi connectivity index (χ1) is 7.26. The molecule has 15 heavy (non-hydrogen) atoms. The average Bonchev–Trinajstić information content (AvgIpc) is 2.27. The number of nitrogens with one attached hydrogen (secondary N) is 1. The molecule has 1 aliphatic heterocycles. The second-order valence-electron chi connectivity index (χ2n) is 4.92. The van der Waals surface area contributed by atoms with Crippen molar-refractivity contribution in [2.24, 2.45) is 5.92 Å². The Morgan fingerprint density at radius 2 is 2.20 bits per heavy atom. The molecule has 2 nitrogen and oxygen atoms in total. The Labute approximate surface area is 94.8 Å². The summed E-state index contributed by atoms with van der Waals surface area (Å²) in [5.74, 6) is 0.803. The summed E-state index contributed by atoms with van der Waals surface area (Å²) in [6.45, 7) is 8.93. The molecule has 0 radical (unpaired) electrons. The predicted molar refractivity (Wildman–Crippen MR) is 65.1 cm³/mol. The van der Waals surface area contributed by atoms with Crippen LogP contribution in [0.2, 0.25) is 0 Å². The third-order valence-corrected chi connectivity index (χ3v) is 3.43. The van der Waals surface area contributed by atoms with Crippen molar-refractivity contribution in [3.63, 3.8) is 0 Å². The van der Waals surface area contributed by atoms with Crippen LogP contribution in [0.3, 0.4) is 0 Å². The molecule has 0 saturated carbocycles. The lowest BCUT2D eigenvalue weighted by atomic mass is 9.99. The van der Waals surface area contributed by atoms with E-state index in [2.05, 4.69) is 26.1 Å². The molecule has 90 valence electrons. The second-order valence-corrected chi connectivity index (χ2v) is 4.92. The molecule has 1 heterocycles. The van der Waals surface area contributed by atoms with E-state index < -0.39 is 0 Å². The van der Waals surface area contributed by atoms with Gasteiger partial charge >= 0.3 is 0 Å². The number of hydrogen-bond acceptors (Lipinski definition) is 2. The van der Waals surface area contributed by atoms with Gasteiger partial charge < -0.3 is 10.1 Å². The summed E-state index contributed by atoms with van der Waals surface area (Å²) in [6.07, 6.45) is 6.65. The molecule has 0 aromatic rings. The van der Waals surface area contributed by atoms with Crippen molar-refractivity contribution in [1.29, 1.82) is 0 Å². The summed E-state index contributed by atoms with van der Waals surface area (Å²) < 4.78 is 5.74. The summed E-state index contributed by atoms with van der Waals surface area (Å²) >= 11 is 0. The van der Waals surface area contributed by atoms with E-state index in [-0.39, 0.29) is 0 Å². The van der Waals surface area contributed by atoms with Crippen LogP contribution in [0.25, 0.3) is 0 Å². The molecule has 0 aliphatic carbocycles. The van der Waals surface area contributed by atoms with Gasteiger partial charge in [0, 0.05) is 12.6 Å². The van der Waals surface area contributed by atoms with Crippen LogP contribution in [-0.4, -0.2) is 25.3 Å². The van der Waals surface area contributed by atoms with Crippen molar-refractivity contribution in [3.05, 3.63) is 0 Å². The summed E-state index contributed by atoms with van der Waals surface area (Å²) in [7, 11) is 0. The lowest BCUT2D eigenvalue weighted by Gasteiger charge is -2.30. The van der Waals surface area contributed by atoms with E-state index in [0.717, 1.165) is 12.5 Å². The third-order valence-electron chi connectivity index (χ3n) is 3.43. The number of hydrogen-bond donors (Lipinski definition) is 1. The summed E-state index contributed by atoms with van der Waals surface area (Å²) in [4.78, 5) is 0. The van der Waals surface area contributed by atoms with Crippen LogP contribution in [-0.2, 0) is 4.74 Å². The maximum absolute atomic E-state index is 5.74. The van der Waals surface area contributed by atoms with Gasteiger partial charge in [0.15, 0.2) is 0 Å². The fraction of sp³-hybridized carbons (Fsp3) is 1.00. The quantitative estimate of drug-likeness (QED) is 0.732. The fourth-order valence-corrected chi connectivity index (χ4v) is 2.10. The Kier molecular flexibility index (Phi) is 6.26. The van der Waals surface area contributed by atoms with Crippen molar-refractivity contribution >= 4 is 0 Å². The van der Waals surface area contributed by atoms with E-state index in [9.17, 15) is 0 Å². The number of rotatable bonds is 6. The van der Waals surface area contributed by atoms with Crippen LogP contribution >= 0.6 is 0 Å². The highest BCUT2D eigenvalue weighted by Crippen LogP contribution is 2.18. The van der Waals surface area contributed by atoms with E-state index in [1.54, 1.807) is 0 Å². The zero-order chi connectivity index (χ0) is 11.1. The zero-order valence-corrected chi connectivity index (χ0v) is 10.6. The van der Waals surface area contributed by atoms with Gasteiger partial charge in [0.1, 0.15) is 0 Å². The molecule has 3 atom stereocenters. The minimum atomic E-state index is 0.512. The molecule has 1 rings (SSSR count). The second kappa shape index (κ2) is 7.24. The predicted octanol–water partition coefficient (Wildman–Crippen LogP) is 2.97. The number of ether oxygens (including phenoxy) is 1. The van der Waals surface area contributed by atoms with Gasteiger partial charge in [-0.1, -0.05) is 33.6 Å². The van der Waals surface area contributed by atoms with Crippen molar-refractivity contribution in [2.75, 3.05) is 13.2 Å². The molecular formula is C13H27NO. The molecule has 0 aromatic carbocycles. The Morgan fingerprint density at radius 1 is 1.40 bits per heavy atom. The van der Waals surface area contributed by atoms with Gasteiger partial charge in [-0.05, 0) is 31.7 Å². The van der Waals surface area contributed by atoms with Crippen LogP contribution in [0.5, 0.6) is 0 Å². The van der Waals surface area contributed by atoms with Crippen molar-refractivity contribution in [1.82, 2.24) is 5.32 Å². The molecule has 3 unspecified atom stereocenters. The molecular weight excluding hydrogens is 186 g/mol. The highest BCUT2D eigenvalue weighted by atomic mass is 16.5. The monoisotopic (exact) mass is 213 g/mol. The Bertz CT molecular complexity index is 159. The highest BCUT2D eigenvalue weighted by molar-refractivity contribution is 4.77. The first-order valence-electron chi connectivity index (χ1n) is 6.61. The Balaban J connectivity index is 2.18. The van der Waals surface area contributed by atoms with Crippen molar-refractivity contribution in [3.8, 4) is 0 Å². The molecule has 0 amide bonds. The van der Waals surface area contributed by atoms with Crippen LogP contribution in [0.1, 0.15) is 52.9 Å². The van der Waals surface area contributed by atoms with Crippen LogP contribution < -0.4 is 5.32 Å². The Morgan fingerprint density at radius 3 is 2.87 bits per heavy atom. The van der Waals surface area contributed by atoms with Crippen molar-refractivity contribution < 1.29 is 4.74 Å². The van der Waals surface area contributed by atoms with Gasteiger partial charge in [0.2, 0.25) is 0 Å². The van der Waals surface area contributed by atoms with E-state index >= 15 is 0 Å². The molecule has 0 bridgehead atoms. The standard InChI is InChI=1S/C13H27NO/c1-4-6-13-9-12(7-8-15-13)14-10-11(3)5-2/h11-14H,4-10H2,1-3H3. The van der Waals surface area contributed by atoms with Gasteiger partial charge in [-0.3, -0.25) is 0 Å². The van der Waals surface area contributed by atoms with Gasteiger partial charge in [0.05, 0.1) is 6.10 Å². The van der Waals surface area contributed by atoms with E-state index in [0.29, 0.717) is 12.1 Å². The van der Waals surface area contributed by atoms with Gasteiger partial charge in [-0.2, -0.15) is 0 Å².